The van der Waals surface area contributed by atoms with Gasteiger partial charge >= 0.3 is 0 Å². The van der Waals surface area contributed by atoms with E-state index in [1.807, 2.05) is 18.3 Å². The van der Waals surface area contributed by atoms with Gasteiger partial charge in [-0.25, -0.2) is 4.98 Å². The van der Waals surface area contributed by atoms with Crippen molar-refractivity contribution in [2.75, 3.05) is 6.61 Å². The molecule has 3 heteroatoms. The SMILES string of the molecule is c1ccn2c(CC3CCCO3)ncc2c1. The minimum absolute atomic E-state index is 0.371. The van der Waals surface area contributed by atoms with Gasteiger partial charge in [0, 0.05) is 19.2 Å². The minimum atomic E-state index is 0.371. The molecule has 2 aromatic rings. The first kappa shape index (κ1) is 8.92. The van der Waals surface area contributed by atoms with E-state index in [1.54, 1.807) is 0 Å². The molecule has 0 bridgehead atoms. The number of hydrogen-bond acceptors (Lipinski definition) is 2. The van der Waals surface area contributed by atoms with Crippen LogP contribution in [0.25, 0.3) is 5.52 Å². The molecule has 3 heterocycles. The Balaban J connectivity index is 1.90. The van der Waals surface area contributed by atoms with Crippen LogP contribution in [0.1, 0.15) is 18.7 Å². The van der Waals surface area contributed by atoms with Crippen LogP contribution in [0.4, 0.5) is 0 Å². The van der Waals surface area contributed by atoms with E-state index in [-0.39, 0.29) is 0 Å². The van der Waals surface area contributed by atoms with Crippen LogP contribution in [0.15, 0.2) is 30.6 Å². The van der Waals surface area contributed by atoms with Crippen molar-refractivity contribution in [3.8, 4) is 0 Å². The first-order chi connectivity index (χ1) is 7.43. The van der Waals surface area contributed by atoms with Crippen molar-refractivity contribution >= 4 is 5.52 Å². The van der Waals surface area contributed by atoms with Crippen LogP contribution in [0.5, 0.6) is 0 Å². The van der Waals surface area contributed by atoms with Gasteiger partial charge in [0.1, 0.15) is 5.82 Å². The van der Waals surface area contributed by atoms with E-state index < -0.39 is 0 Å². The monoisotopic (exact) mass is 202 g/mol. The fourth-order valence-corrected chi connectivity index (χ4v) is 2.16. The lowest BCUT2D eigenvalue weighted by Crippen LogP contribution is -2.11. The minimum Gasteiger partial charge on any atom is -0.378 e. The van der Waals surface area contributed by atoms with Gasteiger partial charge in [-0.15, -0.1) is 0 Å². The summed E-state index contributed by atoms with van der Waals surface area (Å²) in [5, 5.41) is 0. The molecule has 0 saturated carbocycles. The number of rotatable bonds is 2. The van der Waals surface area contributed by atoms with E-state index in [0.717, 1.165) is 24.4 Å². The highest BCUT2D eigenvalue weighted by Gasteiger charge is 2.17. The van der Waals surface area contributed by atoms with Crippen LogP contribution in [-0.4, -0.2) is 22.1 Å². The topological polar surface area (TPSA) is 26.5 Å². The summed E-state index contributed by atoms with van der Waals surface area (Å²) in [6.07, 6.45) is 7.64. The van der Waals surface area contributed by atoms with E-state index >= 15 is 0 Å². The zero-order valence-electron chi connectivity index (χ0n) is 8.60. The summed E-state index contributed by atoms with van der Waals surface area (Å²) in [7, 11) is 0. The third-order valence-electron chi connectivity index (χ3n) is 2.95. The molecule has 3 rings (SSSR count). The van der Waals surface area contributed by atoms with Gasteiger partial charge in [-0.05, 0) is 25.0 Å². The van der Waals surface area contributed by atoms with E-state index in [9.17, 15) is 0 Å². The lowest BCUT2D eigenvalue weighted by molar-refractivity contribution is 0.110. The third kappa shape index (κ3) is 1.63. The Labute approximate surface area is 88.7 Å². The van der Waals surface area contributed by atoms with Crippen LogP contribution in [0.3, 0.4) is 0 Å². The van der Waals surface area contributed by atoms with Gasteiger partial charge in [0.15, 0.2) is 0 Å². The van der Waals surface area contributed by atoms with Gasteiger partial charge < -0.3 is 9.14 Å². The molecule has 1 aliphatic rings. The molecule has 0 N–H and O–H groups in total. The molecule has 1 atom stereocenters. The molecule has 15 heavy (non-hydrogen) atoms. The van der Waals surface area contributed by atoms with Crippen molar-refractivity contribution in [2.24, 2.45) is 0 Å². The van der Waals surface area contributed by atoms with Crippen molar-refractivity contribution in [3.05, 3.63) is 36.4 Å². The Morgan fingerprint density at radius 1 is 1.47 bits per heavy atom. The molecular formula is C12H14N2O. The van der Waals surface area contributed by atoms with Crippen molar-refractivity contribution in [3.63, 3.8) is 0 Å². The molecule has 1 aliphatic heterocycles. The average molecular weight is 202 g/mol. The first-order valence-electron chi connectivity index (χ1n) is 5.46. The van der Waals surface area contributed by atoms with Gasteiger partial charge in [0.05, 0.1) is 17.8 Å². The number of ether oxygens (including phenoxy) is 1. The highest BCUT2D eigenvalue weighted by Crippen LogP contribution is 2.17. The first-order valence-corrected chi connectivity index (χ1v) is 5.46. The Bertz CT molecular complexity index is 457. The number of imidazole rings is 1. The summed E-state index contributed by atoms with van der Waals surface area (Å²) in [6, 6.07) is 6.15. The summed E-state index contributed by atoms with van der Waals surface area (Å²) in [5.41, 5.74) is 1.16. The number of nitrogens with zero attached hydrogens (tertiary/aromatic N) is 2. The number of aromatic nitrogens is 2. The quantitative estimate of drug-likeness (QED) is 0.745. The highest BCUT2D eigenvalue weighted by molar-refractivity contribution is 5.45. The molecule has 78 valence electrons. The van der Waals surface area contributed by atoms with Crippen molar-refractivity contribution in [2.45, 2.75) is 25.4 Å². The van der Waals surface area contributed by atoms with E-state index in [1.165, 1.54) is 12.8 Å². The molecule has 0 aromatic carbocycles. The molecule has 1 unspecified atom stereocenters. The standard InChI is InChI=1S/C12H14N2O/c1-2-6-14-10(4-1)9-13-12(14)8-11-5-3-7-15-11/h1-2,4,6,9,11H,3,5,7-8H2. The van der Waals surface area contributed by atoms with Crippen LogP contribution in [0.2, 0.25) is 0 Å². The second kappa shape index (κ2) is 3.66. The number of fused-ring (bicyclic) bond motifs is 1. The predicted octanol–water partition coefficient (Wildman–Crippen LogP) is 2.06. The molecule has 3 nitrogen and oxygen atoms in total. The summed E-state index contributed by atoms with van der Waals surface area (Å²) >= 11 is 0. The van der Waals surface area contributed by atoms with Crippen LogP contribution in [-0.2, 0) is 11.2 Å². The molecule has 1 saturated heterocycles. The number of pyridine rings is 1. The fraction of sp³-hybridized carbons (Fsp3) is 0.417. The Morgan fingerprint density at radius 3 is 3.33 bits per heavy atom. The number of hydrogen-bond donors (Lipinski definition) is 0. The normalized spacial score (nSPS) is 21.2. The van der Waals surface area contributed by atoms with Crippen molar-refractivity contribution < 1.29 is 4.74 Å². The van der Waals surface area contributed by atoms with Gasteiger partial charge in [-0.1, -0.05) is 6.07 Å². The molecule has 0 aliphatic carbocycles. The highest BCUT2D eigenvalue weighted by atomic mass is 16.5. The van der Waals surface area contributed by atoms with Crippen LogP contribution in [0, 0.1) is 0 Å². The summed E-state index contributed by atoms with van der Waals surface area (Å²) < 4.78 is 7.76. The second-order valence-electron chi connectivity index (χ2n) is 4.01. The largest absolute Gasteiger partial charge is 0.378 e. The Morgan fingerprint density at radius 2 is 2.47 bits per heavy atom. The zero-order valence-corrected chi connectivity index (χ0v) is 8.60. The van der Waals surface area contributed by atoms with E-state index in [2.05, 4.69) is 21.6 Å². The molecule has 0 spiro atoms. The lowest BCUT2D eigenvalue weighted by Gasteiger charge is -2.07. The fourth-order valence-electron chi connectivity index (χ4n) is 2.16. The van der Waals surface area contributed by atoms with Crippen molar-refractivity contribution in [1.82, 2.24) is 9.38 Å². The average Bonchev–Trinajstić information content (AvgIpc) is 2.89. The maximum absolute atomic E-state index is 5.62. The molecular weight excluding hydrogens is 188 g/mol. The zero-order chi connectivity index (χ0) is 10.1. The van der Waals surface area contributed by atoms with Gasteiger partial charge in [0.25, 0.3) is 0 Å². The molecule has 1 fully saturated rings. The van der Waals surface area contributed by atoms with Gasteiger partial charge in [0.2, 0.25) is 0 Å². The predicted molar refractivity (Wildman–Crippen MR) is 57.9 cm³/mol. The van der Waals surface area contributed by atoms with Gasteiger partial charge in [-0.3, -0.25) is 0 Å². The Kier molecular flexibility index (Phi) is 2.18. The van der Waals surface area contributed by atoms with E-state index in [4.69, 9.17) is 4.74 Å². The second-order valence-corrected chi connectivity index (χ2v) is 4.01. The van der Waals surface area contributed by atoms with Crippen molar-refractivity contribution in [1.29, 1.82) is 0 Å². The maximum Gasteiger partial charge on any atom is 0.115 e. The smallest absolute Gasteiger partial charge is 0.115 e. The molecule has 2 aromatic heterocycles. The van der Waals surface area contributed by atoms with E-state index in [0.29, 0.717) is 6.10 Å². The summed E-state index contributed by atoms with van der Waals surface area (Å²) in [6.45, 7) is 0.911. The lowest BCUT2D eigenvalue weighted by atomic mass is 10.2. The summed E-state index contributed by atoms with van der Waals surface area (Å²) in [5.74, 6) is 1.11. The van der Waals surface area contributed by atoms with Crippen LogP contribution < -0.4 is 0 Å². The Hall–Kier alpha value is -1.35. The van der Waals surface area contributed by atoms with Crippen LogP contribution >= 0.6 is 0 Å². The molecule has 0 radical (unpaired) electrons. The van der Waals surface area contributed by atoms with Gasteiger partial charge in [-0.2, -0.15) is 0 Å². The molecule has 0 amide bonds. The third-order valence-corrected chi connectivity index (χ3v) is 2.95. The maximum atomic E-state index is 5.62. The summed E-state index contributed by atoms with van der Waals surface area (Å²) in [4.78, 5) is 4.44.